The summed E-state index contributed by atoms with van der Waals surface area (Å²) in [6.07, 6.45) is 1.33. The van der Waals surface area contributed by atoms with Crippen LogP contribution in [0.15, 0.2) is 97.1 Å². The van der Waals surface area contributed by atoms with Gasteiger partial charge >= 0.3 is 0 Å². The summed E-state index contributed by atoms with van der Waals surface area (Å²) in [5.41, 5.74) is 3.03. The summed E-state index contributed by atoms with van der Waals surface area (Å²) >= 11 is 6.28. The highest BCUT2D eigenvalue weighted by atomic mass is 35.5. The maximum Gasteiger partial charge on any atom is 0.243 e. The van der Waals surface area contributed by atoms with E-state index in [0.717, 1.165) is 27.5 Å². The van der Waals surface area contributed by atoms with E-state index in [9.17, 15) is 9.59 Å². The van der Waals surface area contributed by atoms with E-state index in [2.05, 4.69) is 43.4 Å². The van der Waals surface area contributed by atoms with Crippen LogP contribution >= 0.6 is 11.6 Å². The van der Waals surface area contributed by atoms with Crippen molar-refractivity contribution < 1.29 is 9.59 Å². The second-order valence-corrected chi connectivity index (χ2v) is 10.6. The fraction of sp³-hybridized carbons (Fsp3) is 0.273. The second kappa shape index (κ2) is 13.3. The number of halogens is 1. The Morgan fingerprint density at radius 1 is 0.842 bits per heavy atom. The van der Waals surface area contributed by atoms with Crippen LogP contribution in [0.1, 0.15) is 37.0 Å². The van der Waals surface area contributed by atoms with Crippen LogP contribution in [0.25, 0.3) is 10.8 Å². The van der Waals surface area contributed by atoms with E-state index in [1.807, 2.05) is 72.8 Å². The summed E-state index contributed by atoms with van der Waals surface area (Å²) in [5, 5.41) is 5.99. The number of hydrogen-bond acceptors (Lipinski definition) is 2. The second-order valence-electron chi connectivity index (χ2n) is 10.1. The van der Waals surface area contributed by atoms with E-state index in [1.54, 1.807) is 4.90 Å². The van der Waals surface area contributed by atoms with Gasteiger partial charge in [-0.1, -0.05) is 110 Å². The van der Waals surface area contributed by atoms with Crippen molar-refractivity contribution in [2.75, 3.05) is 6.54 Å². The molecule has 0 fully saturated rings. The largest absolute Gasteiger partial charge is 0.354 e. The summed E-state index contributed by atoms with van der Waals surface area (Å²) in [6, 6.07) is 31.1. The van der Waals surface area contributed by atoms with Gasteiger partial charge in [0.1, 0.15) is 6.04 Å². The molecule has 0 radical (unpaired) electrons. The minimum atomic E-state index is -0.643. The third-order valence-electron chi connectivity index (χ3n) is 6.69. The summed E-state index contributed by atoms with van der Waals surface area (Å²) < 4.78 is 0. The molecule has 5 heteroatoms. The van der Waals surface area contributed by atoms with Crippen LogP contribution in [0, 0.1) is 5.92 Å². The minimum absolute atomic E-state index is 0.0569. The van der Waals surface area contributed by atoms with Crippen LogP contribution in [0.4, 0.5) is 0 Å². The molecule has 0 aliphatic rings. The Labute approximate surface area is 230 Å². The Morgan fingerprint density at radius 2 is 1.53 bits per heavy atom. The Hall–Kier alpha value is -3.63. The number of fused-ring (bicyclic) bond motifs is 1. The quantitative estimate of drug-likeness (QED) is 0.232. The SMILES string of the molecule is CC(C)CNC(=O)[C@@H](Cc1ccccc1)N(Cc1cccc(Cl)c1)C(=O)CCc1cccc2ccccc12. The third-order valence-corrected chi connectivity index (χ3v) is 6.92. The number of carbonyl (C=O) groups is 2. The number of aryl methyl sites for hydroxylation is 1. The topological polar surface area (TPSA) is 49.4 Å². The average Bonchev–Trinajstić information content (AvgIpc) is 2.93. The zero-order valence-corrected chi connectivity index (χ0v) is 22.8. The first-order valence-electron chi connectivity index (χ1n) is 13.2. The van der Waals surface area contributed by atoms with Gasteiger partial charge in [-0.2, -0.15) is 0 Å². The molecule has 0 spiro atoms. The molecular weight excluding hydrogens is 492 g/mol. The zero-order valence-electron chi connectivity index (χ0n) is 22.1. The van der Waals surface area contributed by atoms with Gasteiger partial charge in [0.2, 0.25) is 11.8 Å². The number of amides is 2. The van der Waals surface area contributed by atoms with E-state index in [-0.39, 0.29) is 11.8 Å². The van der Waals surface area contributed by atoms with Crippen molar-refractivity contribution in [3.05, 3.63) is 119 Å². The summed E-state index contributed by atoms with van der Waals surface area (Å²) in [4.78, 5) is 29.2. The Balaban J connectivity index is 1.64. The molecule has 38 heavy (non-hydrogen) atoms. The highest BCUT2D eigenvalue weighted by molar-refractivity contribution is 6.30. The van der Waals surface area contributed by atoms with Gasteiger partial charge in [0.15, 0.2) is 0 Å². The molecule has 0 saturated heterocycles. The van der Waals surface area contributed by atoms with E-state index in [1.165, 1.54) is 0 Å². The van der Waals surface area contributed by atoms with Gasteiger partial charge in [0.05, 0.1) is 0 Å². The monoisotopic (exact) mass is 526 g/mol. The molecule has 196 valence electrons. The third kappa shape index (κ3) is 7.45. The average molecular weight is 527 g/mol. The molecule has 4 nitrogen and oxygen atoms in total. The number of hydrogen-bond donors (Lipinski definition) is 1. The van der Waals surface area contributed by atoms with Gasteiger partial charge in [-0.15, -0.1) is 0 Å². The number of carbonyl (C=O) groups excluding carboxylic acids is 2. The molecule has 4 aromatic carbocycles. The molecule has 2 amide bonds. The Morgan fingerprint density at radius 3 is 2.29 bits per heavy atom. The predicted molar refractivity (Wildman–Crippen MR) is 156 cm³/mol. The highest BCUT2D eigenvalue weighted by Gasteiger charge is 2.30. The highest BCUT2D eigenvalue weighted by Crippen LogP contribution is 2.22. The van der Waals surface area contributed by atoms with Crippen LogP contribution in [-0.2, 0) is 29.0 Å². The number of benzene rings is 4. The van der Waals surface area contributed by atoms with Crippen molar-refractivity contribution in [2.45, 2.75) is 45.7 Å². The number of nitrogens with zero attached hydrogens (tertiary/aromatic N) is 1. The normalized spacial score (nSPS) is 11.9. The predicted octanol–water partition coefficient (Wildman–Crippen LogP) is 6.84. The van der Waals surface area contributed by atoms with Crippen molar-refractivity contribution >= 4 is 34.2 Å². The first-order chi connectivity index (χ1) is 18.4. The Kier molecular flexibility index (Phi) is 9.56. The number of nitrogens with one attached hydrogen (secondary N) is 1. The summed E-state index contributed by atoms with van der Waals surface area (Å²) in [7, 11) is 0. The smallest absolute Gasteiger partial charge is 0.243 e. The maximum absolute atomic E-state index is 13.9. The van der Waals surface area contributed by atoms with E-state index >= 15 is 0 Å². The zero-order chi connectivity index (χ0) is 26.9. The fourth-order valence-corrected chi connectivity index (χ4v) is 4.92. The molecule has 1 N–H and O–H groups in total. The minimum Gasteiger partial charge on any atom is -0.354 e. The van der Waals surface area contributed by atoms with Crippen LogP contribution in [-0.4, -0.2) is 29.3 Å². The van der Waals surface area contributed by atoms with E-state index < -0.39 is 6.04 Å². The molecule has 1 atom stereocenters. The standard InChI is InChI=1S/C33H35ClN2O2/c1-24(2)22-35-33(38)31(21-25-10-4-3-5-11-25)36(23-26-12-8-16-29(34)20-26)32(37)19-18-28-15-9-14-27-13-6-7-17-30(27)28/h3-17,20,24,31H,18-19,21-23H2,1-2H3,(H,35,38)/t31-/m1/s1. The molecular formula is C33H35ClN2O2. The number of rotatable bonds is 11. The van der Waals surface area contributed by atoms with Gasteiger partial charge in [-0.3, -0.25) is 9.59 Å². The molecule has 0 aliphatic heterocycles. The molecule has 0 saturated carbocycles. The van der Waals surface area contributed by atoms with Crippen molar-refractivity contribution in [2.24, 2.45) is 5.92 Å². The molecule has 0 unspecified atom stereocenters. The first-order valence-corrected chi connectivity index (χ1v) is 13.6. The van der Waals surface area contributed by atoms with E-state index in [0.29, 0.717) is 43.3 Å². The molecule has 4 aromatic rings. The van der Waals surface area contributed by atoms with Gasteiger partial charge in [0.25, 0.3) is 0 Å². The lowest BCUT2D eigenvalue weighted by molar-refractivity contribution is -0.141. The van der Waals surface area contributed by atoms with Gasteiger partial charge in [0, 0.05) is 31.0 Å². The van der Waals surface area contributed by atoms with Crippen LogP contribution in [0.3, 0.4) is 0 Å². The lowest BCUT2D eigenvalue weighted by Crippen LogP contribution is -2.51. The van der Waals surface area contributed by atoms with Crippen LogP contribution in [0.2, 0.25) is 5.02 Å². The van der Waals surface area contributed by atoms with Crippen molar-refractivity contribution in [3.63, 3.8) is 0 Å². The van der Waals surface area contributed by atoms with Gasteiger partial charge < -0.3 is 10.2 Å². The molecule has 4 rings (SSSR count). The summed E-state index contributed by atoms with van der Waals surface area (Å²) in [5.74, 6) is 0.112. The summed E-state index contributed by atoms with van der Waals surface area (Å²) in [6.45, 7) is 4.98. The van der Waals surface area contributed by atoms with E-state index in [4.69, 9.17) is 11.6 Å². The molecule has 0 aromatic heterocycles. The molecule has 0 bridgehead atoms. The Bertz CT molecular complexity index is 1360. The fourth-order valence-electron chi connectivity index (χ4n) is 4.70. The van der Waals surface area contributed by atoms with Crippen molar-refractivity contribution in [1.82, 2.24) is 10.2 Å². The lowest BCUT2D eigenvalue weighted by atomic mass is 9.99. The molecule has 0 heterocycles. The molecule has 0 aliphatic carbocycles. The first kappa shape index (κ1) is 27.4. The van der Waals surface area contributed by atoms with Crippen LogP contribution in [0.5, 0.6) is 0 Å². The van der Waals surface area contributed by atoms with Gasteiger partial charge in [-0.05, 0) is 51.9 Å². The van der Waals surface area contributed by atoms with Gasteiger partial charge in [-0.25, -0.2) is 0 Å². The van der Waals surface area contributed by atoms with Crippen LogP contribution < -0.4 is 5.32 Å². The maximum atomic E-state index is 13.9. The van der Waals surface area contributed by atoms with Crippen molar-refractivity contribution in [1.29, 1.82) is 0 Å². The van der Waals surface area contributed by atoms with Crippen molar-refractivity contribution in [3.8, 4) is 0 Å². The lowest BCUT2D eigenvalue weighted by Gasteiger charge is -2.32.